The van der Waals surface area contributed by atoms with Gasteiger partial charge >= 0.3 is 0 Å². The van der Waals surface area contributed by atoms with E-state index in [0.29, 0.717) is 5.41 Å². The quantitative estimate of drug-likeness (QED) is 0.644. The monoisotopic (exact) mass is 183 g/mol. The summed E-state index contributed by atoms with van der Waals surface area (Å²) in [6.07, 6.45) is 4.88. The van der Waals surface area contributed by atoms with Crippen molar-refractivity contribution < 1.29 is 4.79 Å². The number of hydrogen-bond acceptors (Lipinski definition) is 1. The van der Waals surface area contributed by atoms with Gasteiger partial charge in [0.25, 0.3) is 0 Å². The Balaban J connectivity index is 2.63. The third-order valence-corrected chi connectivity index (χ3v) is 3.61. The Morgan fingerprint density at radius 1 is 1.38 bits per heavy atom. The van der Waals surface area contributed by atoms with Gasteiger partial charge in [-0.2, -0.15) is 0 Å². The molecule has 1 aliphatic heterocycles. The summed E-state index contributed by atoms with van der Waals surface area (Å²) in [4.78, 5) is 13.3. The fourth-order valence-electron chi connectivity index (χ4n) is 2.30. The molecule has 0 aromatic heterocycles. The van der Waals surface area contributed by atoms with Crippen molar-refractivity contribution in [3.8, 4) is 0 Å². The van der Waals surface area contributed by atoms with E-state index in [1.165, 1.54) is 25.7 Å². The maximum absolute atomic E-state index is 11.2. The molecule has 0 spiro atoms. The molecule has 0 atom stereocenters. The molecular formula is C11H21NO. The molecule has 0 aromatic rings. The molecule has 2 heteroatoms. The SMILES string of the molecule is CCC1(CC)CCCN(C(C)=O)C1. The highest BCUT2D eigenvalue weighted by molar-refractivity contribution is 5.73. The molecule has 1 rings (SSSR count). The van der Waals surface area contributed by atoms with Gasteiger partial charge in [0, 0.05) is 20.0 Å². The van der Waals surface area contributed by atoms with Crippen LogP contribution in [0.1, 0.15) is 46.5 Å². The van der Waals surface area contributed by atoms with Gasteiger partial charge in [0.15, 0.2) is 0 Å². The van der Waals surface area contributed by atoms with Gasteiger partial charge in [0.05, 0.1) is 0 Å². The molecule has 1 fully saturated rings. The predicted molar refractivity (Wildman–Crippen MR) is 54.5 cm³/mol. The molecule has 1 amide bonds. The van der Waals surface area contributed by atoms with E-state index in [0.717, 1.165) is 13.1 Å². The zero-order valence-corrected chi connectivity index (χ0v) is 9.10. The summed E-state index contributed by atoms with van der Waals surface area (Å²) in [5.74, 6) is 0.242. The smallest absolute Gasteiger partial charge is 0.219 e. The number of carbonyl (C=O) groups excluding carboxylic acids is 1. The average Bonchev–Trinajstić information content (AvgIpc) is 2.18. The van der Waals surface area contributed by atoms with Gasteiger partial charge in [0.1, 0.15) is 0 Å². The summed E-state index contributed by atoms with van der Waals surface area (Å²) in [6, 6.07) is 0. The van der Waals surface area contributed by atoms with Gasteiger partial charge in [-0.1, -0.05) is 13.8 Å². The topological polar surface area (TPSA) is 20.3 Å². The largest absolute Gasteiger partial charge is 0.342 e. The molecule has 1 saturated heterocycles. The maximum atomic E-state index is 11.2. The van der Waals surface area contributed by atoms with Crippen molar-refractivity contribution in [1.82, 2.24) is 4.90 Å². The van der Waals surface area contributed by atoms with Crippen LogP contribution in [0.4, 0.5) is 0 Å². The van der Waals surface area contributed by atoms with Crippen LogP contribution in [0.3, 0.4) is 0 Å². The van der Waals surface area contributed by atoms with Crippen LogP contribution in [0.2, 0.25) is 0 Å². The number of amides is 1. The van der Waals surface area contributed by atoms with Crippen LogP contribution < -0.4 is 0 Å². The van der Waals surface area contributed by atoms with Crippen LogP contribution >= 0.6 is 0 Å². The second-order valence-electron chi connectivity index (χ2n) is 4.25. The first-order valence-corrected chi connectivity index (χ1v) is 5.39. The lowest BCUT2D eigenvalue weighted by atomic mass is 9.75. The Kier molecular flexibility index (Phi) is 3.34. The third-order valence-electron chi connectivity index (χ3n) is 3.61. The van der Waals surface area contributed by atoms with Gasteiger partial charge in [0.2, 0.25) is 5.91 Å². The van der Waals surface area contributed by atoms with Gasteiger partial charge in [-0.3, -0.25) is 4.79 Å². The van der Waals surface area contributed by atoms with Gasteiger partial charge in [-0.25, -0.2) is 0 Å². The van der Waals surface area contributed by atoms with Crippen LogP contribution in [-0.4, -0.2) is 23.9 Å². The maximum Gasteiger partial charge on any atom is 0.219 e. The summed E-state index contributed by atoms with van der Waals surface area (Å²) in [7, 11) is 0. The molecule has 13 heavy (non-hydrogen) atoms. The van der Waals surface area contributed by atoms with Crippen molar-refractivity contribution in [2.45, 2.75) is 46.5 Å². The Hall–Kier alpha value is -0.530. The molecule has 1 heterocycles. The van der Waals surface area contributed by atoms with E-state index in [4.69, 9.17) is 0 Å². The minimum atomic E-state index is 0.242. The van der Waals surface area contributed by atoms with Crippen molar-refractivity contribution in [3.63, 3.8) is 0 Å². The molecule has 76 valence electrons. The number of likely N-dealkylation sites (tertiary alicyclic amines) is 1. The first-order valence-electron chi connectivity index (χ1n) is 5.39. The lowest BCUT2D eigenvalue weighted by Gasteiger charge is -2.41. The third kappa shape index (κ3) is 2.23. The molecule has 0 saturated carbocycles. The first-order chi connectivity index (χ1) is 6.13. The molecule has 0 N–H and O–H groups in total. The summed E-state index contributed by atoms with van der Waals surface area (Å²) in [6.45, 7) is 8.12. The van der Waals surface area contributed by atoms with Crippen molar-refractivity contribution >= 4 is 5.91 Å². The Labute approximate surface area is 81.3 Å². The van der Waals surface area contributed by atoms with Gasteiger partial charge in [-0.05, 0) is 31.1 Å². The first kappa shape index (κ1) is 10.6. The predicted octanol–water partition coefficient (Wildman–Crippen LogP) is 2.44. The van der Waals surface area contributed by atoms with Gasteiger partial charge < -0.3 is 4.90 Å². The zero-order chi connectivity index (χ0) is 9.90. The van der Waals surface area contributed by atoms with E-state index < -0.39 is 0 Å². The lowest BCUT2D eigenvalue weighted by molar-refractivity contribution is -0.132. The second kappa shape index (κ2) is 4.12. The number of carbonyl (C=O) groups is 1. The minimum absolute atomic E-state index is 0.242. The van der Waals surface area contributed by atoms with Crippen molar-refractivity contribution in [1.29, 1.82) is 0 Å². The Bertz CT molecular complexity index is 185. The molecule has 1 aliphatic rings. The van der Waals surface area contributed by atoms with Crippen LogP contribution in [0.15, 0.2) is 0 Å². The summed E-state index contributed by atoms with van der Waals surface area (Å²) < 4.78 is 0. The fraction of sp³-hybridized carbons (Fsp3) is 0.909. The van der Waals surface area contributed by atoms with E-state index in [2.05, 4.69) is 13.8 Å². The van der Waals surface area contributed by atoms with Gasteiger partial charge in [-0.15, -0.1) is 0 Å². The summed E-state index contributed by atoms with van der Waals surface area (Å²) in [5.41, 5.74) is 0.421. The Morgan fingerprint density at radius 2 is 2.00 bits per heavy atom. The molecule has 0 unspecified atom stereocenters. The van der Waals surface area contributed by atoms with Crippen LogP contribution in [0.5, 0.6) is 0 Å². The van der Waals surface area contributed by atoms with E-state index in [9.17, 15) is 4.79 Å². The molecule has 0 bridgehead atoms. The van der Waals surface area contributed by atoms with Crippen LogP contribution in [-0.2, 0) is 4.79 Å². The number of rotatable bonds is 2. The molecule has 2 nitrogen and oxygen atoms in total. The van der Waals surface area contributed by atoms with E-state index in [-0.39, 0.29) is 5.91 Å². The van der Waals surface area contributed by atoms with Crippen LogP contribution in [0.25, 0.3) is 0 Å². The van der Waals surface area contributed by atoms with Crippen LogP contribution in [0, 0.1) is 5.41 Å². The highest BCUT2D eigenvalue weighted by atomic mass is 16.2. The fourth-order valence-corrected chi connectivity index (χ4v) is 2.30. The van der Waals surface area contributed by atoms with E-state index in [1.807, 2.05) is 4.90 Å². The van der Waals surface area contributed by atoms with Crippen molar-refractivity contribution in [2.24, 2.45) is 5.41 Å². The molecule has 0 radical (unpaired) electrons. The molecule has 0 aliphatic carbocycles. The standard InChI is InChI=1S/C11H21NO/c1-4-11(5-2)7-6-8-12(9-11)10(3)13/h4-9H2,1-3H3. The van der Waals surface area contributed by atoms with Crippen molar-refractivity contribution in [2.75, 3.05) is 13.1 Å². The van der Waals surface area contributed by atoms with E-state index >= 15 is 0 Å². The zero-order valence-electron chi connectivity index (χ0n) is 9.10. The minimum Gasteiger partial charge on any atom is -0.342 e. The molecule has 0 aromatic carbocycles. The average molecular weight is 183 g/mol. The molecular weight excluding hydrogens is 162 g/mol. The number of hydrogen-bond donors (Lipinski definition) is 0. The highest BCUT2D eigenvalue weighted by Crippen LogP contribution is 2.36. The van der Waals surface area contributed by atoms with E-state index in [1.54, 1.807) is 6.92 Å². The highest BCUT2D eigenvalue weighted by Gasteiger charge is 2.32. The number of nitrogens with zero attached hydrogens (tertiary/aromatic N) is 1. The number of piperidine rings is 1. The summed E-state index contributed by atoms with van der Waals surface area (Å²) in [5, 5.41) is 0. The second-order valence-corrected chi connectivity index (χ2v) is 4.25. The lowest BCUT2D eigenvalue weighted by Crippen LogP contribution is -2.44. The Morgan fingerprint density at radius 3 is 2.46 bits per heavy atom. The van der Waals surface area contributed by atoms with Crippen molar-refractivity contribution in [3.05, 3.63) is 0 Å². The normalized spacial score (nSPS) is 21.6. The summed E-state index contributed by atoms with van der Waals surface area (Å²) >= 11 is 0.